The molecule has 1 aliphatic heterocycles. The summed E-state index contributed by atoms with van der Waals surface area (Å²) >= 11 is 0. The first-order chi connectivity index (χ1) is 15.2. The van der Waals surface area contributed by atoms with E-state index in [1.807, 2.05) is 60.8 Å². The predicted molar refractivity (Wildman–Crippen MR) is 117 cm³/mol. The second-order valence-electron chi connectivity index (χ2n) is 7.18. The van der Waals surface area contributed by atoms with Gasteiger partial charge in [0.25, 0.3) is 5.91 Å². The van der Waals surface area contributed by atoms with Crippen molar-refractivity contribution in [2.45, 2.75) is 6.54 Å². The van der Waals surface area contributed by atoms with Gasteiger partial charge in [0, 0.05) is 17.4 Å². The van der Waals surface area contributed by atoms with Crippen molar-refractivity contribution in [1.82, 2.24) is 15.0 Å². The van der Waals surface area contributed by atoms with Gasteiger partial charge in [-0.2, -0.15) is 0 Å². The Hall–Kier alpha value is -4.26. The van der Waals surface area contributed by atoms with Gasteiger partial charge in [-0.1, -0.05) is 47.7 Å². The molecule has 152 valence electrons. The maximum atomic E-state index is 13.7. The maximum Gasteiger partial charge on any atom is 0.258 e. The average Bonchev–Trinajstić information content (AvgIpc) is 3.40. The van der Waals surface area contributed by atoms with E-state index in [-0.39, 0.29) is 5.91 Å². The molecule has 0 saturated heterocycles. The van der Waals surface area contributed by atoms with Crippen molar-refractivity contribution in [3.63, 3.8) is 0 Å². The summed E-state index contributed by atoms with van der Waals surface area (Å²) in [5.41, 5.74) is 5.04. The number of nitrogens with one attached hydrogen (secondary N) is 2. The molecule has 6 nitrogen and oxygen atoms in total. The zero-order chi connectivity index (χ0) is 21.2. The number of carbonyl (C=O) groups excluding carboxylic acids is 1. The van der Waals surface area contributed by atoms with Crippen LogP contribution in [-0.4, -0.2) is 20.9 Å². The van der Waals surface area contributed by atoms with Crippen LogP contribution >= 0.6 is 0 Å². The Bertz CT molecular complexity index is 1270. The molecule has 31 heavy (non-hydrogen) atoms. The van der Waals surface area contributed by atoms with Gasteiger partial charge < -0.3 is 10.6 Å². The Morgan fingerprint density at radius 1 is 1.03 bits per heavy atom. The van der Waals surface area contributed by atoms with Crippen LogP contribution in [0, 0.1) is 5.82 Å². The third kappa shape index (κ3) is 3.81. The summed E-state index contributed by atoms with van der Waals surface area (Å²) in [6.45, 7) is 0.619. The van der Waals surface area contributed by atoms with Crippen molar-refractivity contribution in [3.8, 4) is 0 Å². The van der Waals surface area contributed by atoms with Crippen LogP contribution in [-0.2, 0) is 11.3 Å². The monoisotopic (exact) mass is 411 g/mol. The van der Waals surface area contributed by atoms with Crippen LogP contribution in [0.3, 0.4) is 0 Å². The number of amides is 1. The van der Waals surface area contributed by atoms with Gasteiger partial charge in [0.15, 0.2) is 0 Å². The van der Waals surface area contributed by atoms with Crippen molar-refractivity contribution in [1.29, 1.82) is 0 Å². The minimum absolute atomic E-state index is 0.269. The lowest BCUT2D eigenvalue weighted by Gasteiger charge is -2.15. The summed E-state index contributed by atoms with van der Waals surface area (Å²) in [6.07, 6.45) is 3.45. The van der Waals surface area contributed by atoms with E-state index in [0.717, 1.165) is 16.8 Å². The summed E-state index contributed by atoms with van der Waals surface area (Å²) in [6, 6.07) is 21.8. The van der Waals surface area contributed by atoms with Gasteiger partial charge in [-0.3, -0.25) is 4.79 Å². The molecule has 1 aromatic heterocycles. The summed E-state index contributed by atoms with van der Waals surface area (Å²) in [7, 11) is 0. The molecule has 2 heterocycles. The van der Waals surface area contributed by atoms with Crippen molar-refractivity contribution >= 4 is 28.6 Å². The van der Waals surface area contributed by atoms with E-state index < -0.39 is 5.82 Å². The summed E-state index contributed by atoms with van der Waals surface area (Å²) in [4.78, 5) is 12.8. The molecule has 4 aromatic rings. The van der Waals surface area contributed by atoms with Crippen molar-refractivity contribution in [2.75, 3.05) is 10.6 Å². The van der Waals surface area contributed by atoms with Crippen LogP contribution in [0.15, 0.2) is 85.2 Å². The van der Waals surface area contributed by atoms with Gasteiger partial charge in [-0.05, 0) is 41.5 Å². The van der Waals surface area contributed by atoms with Crippen LogP contribution in [0.1, 0.15) is 16.7 Å². The van der Waals surface area contributed by atoms with E-state index in [9.17, 15) is 9.18 Å². The SMILES string of the molecule is O=C1Nc2cc(F)ccc2C1=C(Nc1ccc(Cn2ccnn2)cc1)c1ccccc1. The lowest BCUT2D eigenvalue weighted by Crippen LogP contribution is -2.10. The number of benzene rings is 3. The maximum absolute atomic E-state index is 13.7. The lowest BCUT2D eigenvalue weighted by molar-refractivity contribution is -0.110. The first-order valence-corrected chi connectivity index (χ1v) is 9.78. The molecule has 2 N–H and O–H groups in total. The first-order valence-electron chi connectivity index (χ1n) is 9.78. The average molecular weight is 411 g/mol. The number of aromatic nitrogens is 3. The highest BCUT2D eigenvalue weighted by Gasteiger charge is 2.28. The second kappa shape index (κ2) is 7.87. The quantitative estimate of drug-likeness (QED) is 0.478. The molecule has 1 amide bonds. The van der Waals surface area contributed by atoms with E-state index in [1.165, 1.54) is 12.1 Å². The normalized spacial score (nSPS) is 14.2. The number of nitrogens with zero attached hydrogens (tertiary/aromatic N) is 3. The molecule has 3 aromatic carbocycles. The van der Waals surface area contributed by atoms with Crippen LogP contribution in [0.2, 0.25) is 0 Å². The molecule has 5 rings (SSSR count). The lowest BCUT2D eigenvalue weighted by atomic mass is 10.00. The van der Waals surface area contributed by atoms with Crippen LogP contribution in [0.5, 0.6) is 0 Å². The Kier molecular flexibility index (Phi) is 4.76. The van der Waals surface area contributed by atoms with E-state index in [0.29, 0.717) is 29.1 Å². The number of hydrogen-bond acceptors (Lipinski definition) is 4. The smallest absolute Gasteiger partial charge is 0.258 e. The van der Waals surface area contributed by atoms with Crippen LogP contribution in [0.25, 0.3) is 11.3 Å². The van der Waals surface area contributed by atoms with Gasteiger partial charge in [0.1, 0.15) is 5.82 Å². The fraction of sp³-hybridized carbons (Fsp3) is 0.0417. The minimum Gasteiger partial charge on any atom is -0.354 e. The molecule has 0 spiro atoms. The summed E-state index contributed by atoms with van der Waals surface area (Å²) in [5, 5.41) is 14.0. The second-order valence-corrected chi connectivity index (χ2v) is 7.18. The Morgan fingerprint density at radius 2 is 1.84 bits per heavy atom. The molecule has 0 radical (unpaired) electrons. The van der Waals surface area contributed by atoms with E-state index in [4.69, 9.17) is 0 Å². The number of anilines is 2. The highest BCUT2D eigenvalue weighted by Crippen LogP contribution is 2.37. The highest BCUT2D eigenvalue weighted by molar-refractivity contribution is 6.37. The third-order valence-corrected chi connectivity index (χ3v) is 5.08. The molecule has 1 aliphatic rings. The third-order valence-electron chi connectivity index (χ3n) is 5.08. The number of fused-ring (bicyclic) bond motifs is 1. The Labute approximate surface area is 178 Å². The highest BCUT2D eigenvalue weighted by atomic mass is 19.1. The van der Waals surface area contributed by atoms with Gasteiger partial charge in [-0.15, -0.1) is 5.10 Å². The number of rotatable bonds is 5. The summed E-state index contributed by atoms with van der Waals surface area (Å²) < 4.78 is 15.4. The Morgan fingerprint density at radius 3 is 2.58 bits per heavy atom. The van der Waals surface area contributed by atoms with E-state index in [2.05, 4.69) is 20.9 Å². The van der Waals surface area contributed by atoms with Crippen molar-refractivity contribution < 1.29 is 9.18 Å². The predicted octanol–water partition coefficient (Wildman–Crippen LogP) is 4.40. The van der Waals surface area contributed by atoms with Crippen LogP contribution in [0.4, 0.5) is 15.8 Å². The first kappa shape index (κ1) is 18.7. The summed E-state index contributed by atoms with van der Waals surface area (Å²) in [5.74, 6) is -0.660. The molecule has 0 fully saturated rings. The molecule has 0 unspecified atom stereocenters. The van der Waals surface area contributed by atoms with Gasteiger partial charge in [-0.25, -0.2) is 9.07 Å². The fourth-order valence-corrected chi connectivity index (χ4v) is 3.62. The number of halogens is 1. The fourth-order valence-electron chi connectivity index (χ4n) is 3.62. The topological polar surface area (TPSA) is 71.8 Å². The van der Waals surface area contributed by atoms with Gasteiger partial charge >= 0.3 is 0 Å². The van der Waals surface area contributed by atoms with Gasteiger partial charge in [0.2, 0.25) is 0 Å². The van der Waals surface area contributed by atoms with E-state index >= 15 is 0 Å². The van der Waals surface area contributed by atoms with Crippen molar-refractivity contribution in [3.05, 3.63) is 108 Å². The number of carbonyl (C=O) groups is 1. The molecular formula is C24H18FN5O. The molecule has 7 heteroatoms. The van der Waals surface area contributed by atoms with E-state index in [1.54, 1.807) is 16.9 Å². The standard InChI is InChI=1S/C24H18FN5O/c25-18-8-11-20-21(14-18)28-24(31)22(20)23(17-4-2-1-3-5-17)27-19-9-6-16(7-10-19)15-30-13-12-26-29-30/h1-14,27H,15H2,(H,28,31). The van der Waals surface area contributed by atoms with Gasteiger partial charge in [0.05, 0.1) is 29.7 Å². The van der Waals surface area contributed by atoms with Crippen molar-refractivity contribution in [2.24, 2.45) is 0 Å². The minimum atomic E-state index is -0.391. The largest absolute Gasteiger partial charge is 0.354 e. The zero-order valence-electron chi connectivity index (χ0n) is 16.4. The van der Waals surface area contributed by atoms with Crippen LogP contribution < -0.4 is 10.6 Å². The molecule has 0 atom stereocenters. The molecule has 0 bridgehead atoms. The molecule has 0 aliphatic carbocycles. The molecule has 0 saturated carbocycles. The number of hydrogen-bond donors (Lipinski definition) is 2. The molecular weight excluding hydrogens is 393 g/mol. The zero-order valence-corrected chi connectivity index (χ0v) is 16.4. The Balaban J connectivity index is 1.53.